The van der Waals surface area contributed by atoms with Crippen LogP contribution in [0, 0.1) is 10.7 Å². The molecule has 2 aromatic heterocycles. The van der Waals surface area contributed by atoms with E-state index in [1.54, 1.807) is 10.8 Å². The van der Waals surface area contributed by atoms with E-state index in [9.17, 15) is 4.79 Å². The summed E-state index contributed by atoms with van der Waals surface area (Å²) in [4.78, 5) is 15.5. The first-order chi connectivity index (χ1) is 11.5. The lowest BCUT2D eigenvalue weighted by Gasteiger charge is -2.07. The topological polar surface area (TPSA) is 75.6 Å². The van der Waals surface area contributed by atoms with Crippen molar-refractivity contribution in [1.82, 2.24) is 19.7 Å². The van der Waals surface area contributed by atoms with Gasteiger partial charge in [-0.2, -0.15) is 0 Å². The fraction of sp³-hybridized carbons (Fsp3) is 0.250. The van der Waals surface area contributed by atoms with Crippen molar-refractivity contribution < 1.29 is 4.79 Å². The Morgan fingerprint density at radius 2 is 2.08 bits per heavy atom. The Hall–Kier alpha value is -2.32. The van der Waals surface area contributed by atoms with Gasteiger partial charge < -0.3 is 4.98 Å². The number of benzene rings is 1. The van der Waals surface area contributed by atoms with Crippen LogP contribution in [0.5, 0.6) is 0 Å². The van der Waals surface area contributed by atoms with Crippen molar-refractivity contribution >= 4 is 34.6 Å². The summed E-state index contributed by atoms with van der Waals surface area (Å²) in [7, 11) is 0. The van der Waals surface area contributed by atoms with Crippen molar-refractivity contribution in [2.24, 2.45) is 5.92 Å². The molecular formula is C16H17N5OS2. The number of carbonyl (C=O) groups excluding carboxylic acids is 1. The number of H-pyrrole nitrogens is 1. The highest BCUT2D eigenvalue weighted by molar-refractivity contribution is 7.71. The Bertz CT molecular complexity index is 895. The molecular weight excluding hydrogens is 342 g/mol. The molecule has 0 radical (unpaired) electrons. The lowest BCUT2D eigenvalue weighted by Crippen LogP contribution is -2.16. The van der Waals surface area contributed by atoms with Gasteiger partial charge in [0, 0.05) is 18.3 Å². The Morgan fingerprint density at radius 1 is 1.33 bits per heavy atom. The number of hydrogen-bond donors (Lipinski definition) is 2. The minimum Gasteiger partial charge on any atom is -0.336 e. The van der Waals surface area contributed by atoms with Crippen molar-refractivity contribution in [3.05, 3.63) is 52.0 Å². The highest BCUT2D eigenvalue weighted by Crippen LogP contribution is 2.20. The molecule has 1 aromatic carbocycles. The number of nitrogens with zero attached hydrogens (tertiary/aromatic N) is 3. The number of amides is 1. The fourth-order valence-electron chi connectivity index (χ4n) is 2.27. The highest BCUT2D eigenvalue weighted by Gasteiger charge is 2.16. The molecule has 6 nitrogen and oxygen atoms in total. The maximum atomic E-state index is 12.6. The van der Waals surface area contributed by atoms with Crippen molar-refractivity contribution in [2.45, 2.75) is 20.3 Å². The van der Waals surface area contributed by atoms with Crippen LogP contribution in [0.2, 0.25) is 0 Å². The van der Waals surface area contributed by atoms with Crippen molar-refractivity contribution in [3.63, 3.8) is 0 Å². The molecule has 0 aliphatic rings. The number of carbonyl (C=O) groups is 1. The van der Waals surface area contributed by atoms with Crippen LogP contribution >= 0.6 is 23.6 Å². The third-order valence-corrected chi connectivity index (χ3v) is 4.45. The van der Waals surface area contributed by atoms with E-state index in [1.807, 2.05) is 30.3 Å². The average molecular weight is 359 g/mol. The van der Waals surface area contributed by atoms with E-state index < -0.39 is 0 Å². The van der Waals surface area contributed by atoms with Gasteiger partial charge in [0.25, 0.3) is 5.91 Å². The Balaban J connectivity index is 1.84. The van der Waals surface area contributed by atoms with Gasteiger partial charge in [0.1, 0.15) is 10.7 Å². The van der Waals surface area contributed by atoms with Crippen LogP contribution in [0.4, 0.5) is 5.13 Å². The normalized spacial score (nSPS) is 11.0. The largest absolute Gasteiger partial charge is 0.336 e. The van der Waals surface area contributed by atoms with Crippen molar-refractivity contribution in [3.8, 4) is 5.69 Å². The van der Waals surface area contributed by atoms with Gasteiger partial charge in [-0.25, -0.2) is 0 Å². The molecule has 0 aliphatic carbocycles. The van der Waals surface area contributed by atoms with Gasteiger partial charge in [0.15, 0.2) is 4.77 Å². The summed E-state index contributed by atoms with van der Waals surface area (Å²) in [6.45, 7) is 4.24. The number of para-hydroxylation sites is 1. The minimum atomic E-state index is -0.279. The van der Waals surface area contributed by atoms with Crippen LogP contribution in [0.3, 0.4) is 0 Å². The van der Waals surface area contributed by atoms with Gasteiger partial charge in [-0.3, -0.25) is 14.7 Å². The second-order valence-electron chi connectivity index (χ2n) is 5.70. The lowest BCUT2D eigenvalue weighted by molar-refractivity contribution is 0.102. The molecule has 2 heterocycles. The van der Waals surface area contributed by atoms with Gasteiger partial charge in [-0.05, 0) is 30.3 Å². The molecule has 3 aromatic rings. The Labute approximate surface area is 148 Å². The second kappa shape index (κ2) is 7.06. The first-order valence-corrected chi connectivity index (χ1v) is 8.76. The predicted octanol–water partition coefficient (Wildman–Crippen LogP) is 3.84. The summed E-state index contributed by atoms with van der Waals surface area (Å²) in [6.07, 6.45) is 2.44. The van der Waals surface area contributed by atoms with Gasteiger partial charge in [0.05, 0.1) is 0 Å². The number of nitrogens with one attached hydrogen (secondary N) is 2. The lowest BCUT2D eigenvalue weighted by atomic mass is 10.1. The second-order valence-corrected chi connectivity index (χ2v) is 7.15. The van der Waals surface area contributed by atoms with E-state index in [4.69, 9.17) is 12.2 Å². The molecule has 0 fully saturated rings. The molecule has 8 heteroatoms. The van der Waals surface area contributed by atoms with Crippen LogP contribution in [-0.2, 0) is 6.42 Å². The first-order valence-electron chi connectivity index (χ1n) is 7.54. The zero-order valence-corrected chi connectivity index (χ0v) is 14.9. The van der Waals surface area contributed by atoms with E-state index in [2.05, 4.69) is 34.3 Å². The van der Waals surface area contributed by atoms with Gasteiger partial charge in [-0.1, -0.05) is 43.4 Å². The molecule has 0 unspecified atom stereocenters. The monoisotopic (exact) mass is 359 g/mol. The van der Waals surface area contributed by atoms with Crippen LogP contribution in [-0.4, -0.2) is 25.7 Å². The molecule has 2 N–H and O–H groups in total. The van der Waals surface area contributed by atoms with Crippen molar-refractivity contribution in [1.29, 1.82) is 0 Å². The molecule has 0 saturated carbocycles. The van der Waals surface area contributed by atoms with Crippen LogP contribution < -0.4 is 5.32 Å². The average Bonchev–Trinajstić information content (AvgIpc) is 3.14. The number of aromatic amines is 1. The van der Waals surface area contributed by atoms with E-state index >= 15 is 0 Å². The smallest absolute Gasteiger partial charge is 0.276 e. The maximum Gasteiger partial charge on any atom is 0.276 e. The summed E-state index contributed by atoms with van der Waals surface area (Å²) in [5.41, 5.74) is 1.25. The molecule has 0 aliphatic heterocycles. The van der Waals surface area contributed by atoms with E-state index in [-0.39, 0.29) is 5.91 Å². The van der Waals surface area contributed by atoms with Crippen LogP contribution in [0.25, 0.3) is 5.69 Å². The molecule has 0 atom stereocenters. The summed E-state index contributed by atoms with van der Waals surface area (Å²) in [6, 6.07) is 9.50. The minimum absolute atomic E-state index is 0.279. The van der Waals surface area contributed by atoms with E-state index in [0.717, 1.165) is 17.1 Å². The highest BCUT2D eigenvalue weighted by atomic mass is 32.1. The van der Waals surface area contributed by atoms with Gasteiger partial charge in [-0.15, -0.1) is 10.2 Å². The van der Waals surface area contributed by atoms with Crippen molar-refractivity contribution in [2.75, 3.05) is 5.32 Å². The third-order valence-electron chi connectivity index (χ3n) is 3.29. The first kappa shape index (κ1) is 16.5. The number of anilines is 1. The van der Waals surface area contributed by atoms with E-state index in [1.165, 1.54) is 11.3 Å². The van der Waals surface area contributed by atoms with Crippen LogP contribution in [0.15, 0.2) is 36.5 Å². The molecule has 0 bridgehead atoms. The summed E-state index contributed by atoms with van der Waals surface area (Å²) >= 11 is 6.69. The Morgan fingerprint density at radius 3 is 2.79 bits per heavy atom. The van der Waals surface area contributed by atoms with Crippen LogP contribution in [0.1, 0.15) is 29.3 Å². The van der Waals surface area contributed by atoms with Gasteiger partial charge in [0.2, 0.25) is 5.13 Å². The van der Waals surface area contributed by atoms with Gasteiger partial charge >= 0.3 is 0 Å². The molecule has 0 spiro atoms. The maximum absolute atomic E-state index is 12.6. The summed E-state index contributed by atoms with van der Waals surface area (Å²) in [5.74, 6) is 0.215. The zero-order chi connectivity index (χ0) is 17.1. The molecule has 0 saturated heterocycles. The number of rotatable bonds is 5. The SMILES string of the molecule is CC(C)Cc1nnc(NC(=O)c2c[nH]c(=S)n2-c2ccccc2)s1. The van der Waals surface area contributed by atoms with E-state index in [0.29, 0.717) is 21.5 Å². The number of imidazole rings is 1. The Kier molecular flexibility index (Phi) is 4.86. The summed E-state index contributed by atoms with van der Waals surface area (Å²) in [5, 5.41) is 12.3. The molecule has 124 valence electrons. The quantitative estimate of drug-likeness (QED) is 0.679. The third kappa shape index (κ3) is 3.60. The zero-order valence-electron chi connectivity index (χ0n) is 13.3. The molecule has 3 rings (SSSR count). The standard InChI is InChI=1S/C16H17N5OS2/c1-10(2)8-13-19-20-15(24-13)18-14(22)12-9-17-16(23)21(12)11-6-4-3-5-7-11/h3-7,9-10H,8H2,1-2H3,(H,17,23)(H,18,20,22). The fourth-order valence-corrected chi connectivity index (χ4v) is 3.48. The predicted molar refractivity (Wildman–Crippen MR) is 97.4 cm³/mol. The molecule has 24 heavy (non-hydrogen) atoms. The molecule has 1 amide bonds. The summed E-state index contributed by atoms with van der Waals surface area (Å²) < 4.78 is 2.16. The number of hydrogen-bond acceptors (Lipinski definition) is 5. The number of aromatic nitrogens is 4.